The average molecular weight is 225 g/mol. The lowest BCUT2D eigenvalue weighted by Crippen LogP contribution is -2.21. The second-order valence-electron chi connectivity index (χ2n) is 2.65. The molecule has 1 aromatic rings. The van der Waals surface area contributed by atoms with Gasteiger partial charge in [0.2, 0.25) is 0 Å². The van der Waals surface area contributed by atoms with Crippen molar-refractivity contribution in [3.05, 3.63) is 34.9 Å². The third-order valence-electron chi connectivity index (χ3n) is 1.65. The summed E-state index contributed by atoms with van der Waals surface area (Å²) in [7, 11) is 0. The largest absolute Gasteiger partial charge is 0.417 e. The topological polar surface area (TPSA) is 43.1 Å². The van der Waals surface area contributed by atoms with E-state index in [0.29, 0.717) is 0 Å². The van der Waals surface area contributed by atoms with Gasteiger partial charge in [0.25, 0.3) is 5.91 Å². The van der Waals surface area contributed by atoms with E-state index in [0.717, 1.165) is 0 Å². The molecule has 0 atom stereocenters. The molecule has 0 heterocycles. The molecule has 0 saturated carbocycles. The first-order chi connectivity index (χ1) is 6.75. The van der Waals surface area contributed by atoms with Gasteiger partial charge in [-0.1, -0.05) is 0 Å². The molecule has 0 aliphatic heterocycles. The van der Waals surface area contributed by atoms with Crippen molar-refractivity contribution in [1.29, 1.82) is 0 Å². The smallest absolute Gasteiger partial charge is 0.365 e. The van der Waals surface area contributed by atoms with E-state index < -0.39 is 34.8 Å². The van der Waals surface area contributed by atoms with E-state index >= 15 is 0 Å². The van der Waals surface area contributed by atoms with Crippen LogP contribution in [-0.2, 0) is 6.18 Å². The zero-order chi connectivity index (χ0) is 11.8. The Kier molecular flexibility index (Phi) is 2.65. The first-order valence-corrected chi connectivity index (χ1v) is 3.60. The van der Waals surface area contributed by atoms with Crippen LogP contribution in [0, 0.1) is 11.6 Å². The van der Waals surface area contributed by atoms with Crippen LogP contribution in [-0.4, -0.2) is 5.91 Å². The summed E-state index contributed by atoms with van der Waals surface area (Å²) in [5.74, 6) is -5.12. The Hall–Kier alpha value is -1.66. The van der Waals surface area contributed by atoms with Crippen molar-refractivity contribution in [2.75, 3.05) is 0 Å². The molecule has 1 aromatic carbocycles. The Bertz CT molecular complexity index is 412. The summed E-state index contributed by atoms with van der Waals surface area (Å²) in [5, 5.41) is 0. The van der Waals surface area contributed by atoms with Crippen LogP contribution in [0.5, 0.6) is 0 Å². The van der Waals surface area contributed by atoms with Crippen molar-refractivity contribution >= 4 is 5.91 Å². The number of carbonyl (C=O) groups excluding carboxylic acids is 1. The predicted molar refractivity (Wildman–Crippen MR) is 39.9 cm³/mol. The Morgan fingerprint density at radius 2 is 1.73 bits per heavy atom. The van der Waals surface area contributed by atoms with Gasteiger partial charge >= 0.3 is 6.18 Å². The number of halogens is 5. The summed E-state index contributed by atoms with van der Waals surface area (Å²) in [6, 6.07) is 0.545. The van der Waals surface area contributed by atoms with Crippen molar-refractivity contribution in [2.45, 2.75) is 6.18 Å². The van der Waals surface area contributed by atoms with E-state index in [-0.39, 0.29) is 12.1 Å². The first kappa shape index (κ1) is 11.4. The number of primary amides is 1. The molecule has 1 rings (SSSR count). The fourth-order valence-electron chi connectivity index (χ4n) is 1.03. The van der Waals surface area contributed by atoms with Gasteiger partial charge in [0.1, 0.15) is 0 Å². The SMILES string of the molecule is NC(=O)c1c(C(F)(F)F)ccc(F)c1F. The minimum Gasteiger partial charge on any atom is -0.365 e. The lowest BCUT2D eigenvalue weighted by Gasteiger charge is -2.11. The summed E-state index contributed by atoms with van der Waals surface area (Å²) in [6.45, 7) is 0. The van der Waals surface area contributed by atoms with Crippen molar-refractivity contribution in [2.24, 2.45) is 5.73 Å². The van der Waals surface area contributed by atoms with Crippen LogP contribution >= 0.6 is 0 Å². The van der Waals surface area contributed by atoms with Crippen LogP contribution in [0.1, 0.15) is 15.9 Å². The fourth-order valence-corrected chi connectivity index (χ4v) is 1.03. The first-order valence-electron chi connectivity index (χ1n) is 3.60. The van der Waals surface area contributed by atoms with Gasteiger partial charge in [-0.05, 0) is 12.1 Å². The average Bonchev–Trinajstić information content (AvgIpc) is 2.06. The van der Waals surface area contributed by atoms with Gasteiger partial charge in [-0.2, -0.15) is 13.2 Å². The molecule has 0 bridgehead atoms. The van der Waals surface area contributed by atoms with Crippen molar-refractivity contribution in [3.63, 3.8) is 0 Å². The van der Waals surface area contributed by atoms with Gasteiger partial charge < -0.3 is 5.73 Å². The molecule has 2 nitrogen and oxygen atoms in total. The van der Waals surface area contributed by atoms with E-state index in [4.69, 9.17) is 0 Å². The van der Waals surface area contributed by atoms with Crippen LogP contribution in [0.25, 0.3) is 0 Å². The van der Waals surface area contributed by atoms with E-state index in [1.54, 1.807) is 0 Å². The second kappa shape index (κ2) is 3.48. The third-order valence-corrected chi connectivity index (χ3v) is 1.65. The number of nitrogens with two attached hydrogens (primary N) is 1. The van der Waals surface area contributed by atoms with E-state index in [2.05, 4.69) is 5.73 Å². The monoisotopic (exact) mass is 225 g/mol. The van der Waals surface area contributed by atoms with Crippen LogP contribution in [0.3, 0.4) is 0 Å². The van der Waals surface area contributed by atoms with E-state index in [1.807, 2.05) is 0 Å². The summed E-state index contributed by atoms with van der Waals surface area (Å²) < 4.78 is 62.1. The highest BCUT2D eigenvalue weighted by atomic mass is 19.4. The third kappa shape index (κ3) is 2.05. The molecular formula is C8H4F5NO. The molecule has 0 aliphatic carbocycles. The zero-order valence-electron chi connectivity index (χ0n) is 7.03. The standard InChI is InChI=1S/C8H4F5NO/c9-4-2-1-3(8(11,12)13)5(6(4)10)7(14)15/h1-2H,(H2,14,15). The fraction of sp³-hybridized carbons (Fsp3) is 0.125. The van der Waals surface area contributed by atoms with Crippen molar-refractivity contribution in [1.82, 2.24) is 0 Å². The maximum atomic E-state index is 12.9. The zero-order valence-corrected chi connectivity index (χ0v) is 7.03. The summed E-state index contributed by atoms with van der Waals surface area (Å²) >= 11 is 0. The maximum absolute atomic E-state index is 12.9. The Labute approximate surface area is 80.5 Å². The Morgan fingerprint density at radius 1 is 1.20 bits per heavy atom. The quantitative estimate of drug-likeness (QED) is 0.730. The van der Waals surface area contributed by atoms with Crippen molar-refractivity contribution < 1.29 is 26.7 Å². The number of carbonyl (C=O) groups is 1. The molecule has 1 amide bonds. The highest BCUT2D eigenvalue weighted by molar-refractivity contribution is 5.94. The highest BCUT2D eigenvalue weighted by Gasteiger charge is 2.37. The van der Waals surface area contributed by atoms with Gasteiger partial charge in [0.15, 0.2) is 11.6 Å². The van der Waals surface area contributed by atoms with Crippen LogP contribution in [0.4, 0.5) is 22.0 Å². The molecule has 0 aromatic heterocycles. The van der Waals surface area contributed by atoms with Gasteiger partial charge in [0, 0.05) is 0 Å². The molecule has 0 saturated heterocycles. The van der Waals surface area contributed by atoms with Gasteiger partial charge in [-0.3, -0.25) is 4.79 Å². The van der Waals surface area contributed by atoms with Gasteiger partial charge in [0.05, 0.1) is 11.1 Å². The Morgan fingerprint density at radius 3 is 2.13 bits per heavy atom. The molecule has 82 valence electrons. The number of hydrogen-bond acceptors (Lipinski definition) is 1. The summed E-state index contributed by atoms with van der Waals surface area (Å²) in [5.41, 5.74) is 1.46. The highest BCUT2D eigenvalue weighted by Crippen LogP contribution is 2.33. The van der Waals surface area contributed by atoms with Crippen LogP contribution in [0.2, 0.25) is 0 Å². The predicted octanol–water partition coefficient (Wildman–Crippen LogP) is 2.08. The minimum absolute atomic E-state index is 0.262. The molecule has 0 aliphatic rings. The molecule has 0 spiro atoms. The molecule has 0 unspecified atom stereocenters. The van der Waals surface area contributed by atoms with Gasteiger partial charge in [-0.15, -0.1) is 0 Å². The lowest BCUT2D eigenvalue weighted by molar-refractivity contribution is -0.138. The normalized spacial score (nSPS) is 11.5. The van der Waals surface area contributed by atoms with Gasteiger partial charge in [-0.25, -0.2) is 8.78 Å². The van der Waals surface area contributed by atoms with E-state index in [1.165, 1.54) is 0 Å². The van der Waals surface area contributed by atoms with Crippen LogP contribution < -0.4 is 5.73 Å². The maximum Gasteiger partial charge on any atom is 0.417 e. The second-order valence-corrected chi connectivity index (χ2v) is 2.65. The summed E-state index contributed by atoms with van der Waals surface area (Å²) in [6.07, 6.45) is -4.96. The number of amides is 1. The molecule has 0 fully saturated rings. The van der Waals surface area contributed by atoms with Crippen LogP contribution in [0.15, 0.2) is 12.1 Å². The van der Waals surface area contributed by atoms with Crippen molar-refractivity contribution in [3.8, 4) is 0 Å². The number of hydrogen-bond donors (Lipinski definition) is 1. The number of rotatable bonds is 1. The molecule has 7 heteroatoms. The van der Waals surface area contributed by atoms with E-state index in [9.17, 15) is 26.7 Å². The number of alkyl halides is 3. The minimum atomic E-state index is -4.96. The summed E-state index contributed by atoms with van der Waals surface area (Å²) in [4.78, 5) is 10.6. The molecule has 15 heavy (non-hydrogen) atoms. The lowest BCUT2D eigenvalue weighted by atomic mass is 10.1. The Balaban J connectivity index is 3.55. The molecule has 2 N–H and O–H groups in total. The molecule has 0 radical (unpaired) electrons. The number of benzene rings is 1. The molecular weight excluding hydrogens is 221 g/mol.